The molecule has 0 saturated carbocycles. The van der Waals surface area contributed by atoms with E-state index in [0.717, 1.165) is 0 Å². The van der Waals surface area contributed by atoms with E-state index in [1.165, 1.54) is 30.5 Å². The zero-order valence-electron chi connectivity index (χ0n) is 12.3. The van der Waals surface area contributed by atoms with Gasteiger partial charge in [0.25, 0.3) is 0 Å². The number of anilines is 1. The lowest BCUT2D eigenvalue weighted by Gasteiger charge is -2.04. The Morgan fingerprint density at radius 2 is 1.67 bits per heavy atom. The number of nitrogens with zero attached hydrogens (tertiary/aromatic N) is 1. The van der Waals surface area contributed by atoms with Gasteiger partial charge >= 0.3 is 11.8 Å². The topological polar surface area (TPSA) is 114 Å². The van der Waals surface area contributed by atoms with E-state index < -0.39 is 17.7 Å². The van der Waals surface area contributed by atoms with Gasteiger partial charge in [0.05, 0.1) is 6.21 Å². The molecule has 2 aromatic carbocycles. The van der Waals surface area contributed by atoms with Gasteiger partial charge in [-0.15, -0.1) is 0 Å². The van der Waals surface area contributed by atoms with E-state index in [9.17, 15) is 14.4 Å². The highest BCUT2D eigenvalue weighted by atomic mass is 35.5. The summed E-state index contributed by atoms with van der Waals surface area (Å²) in [5.41, 5.74) is 8.44. The summed E-state index contributed by atoms with van der Waals surface area (Å²) in [7, 11) is 0. The number of nitrogens with one attached hydrogen (secondary N) is 2. The highest BCUT2D eigenvalue weighted by Gasteiger charge is 2.13. The second-order valence-electron chi connectivity index (χ2n) is 4.62. The van der Waals surface area contributed by atoms with Crippen molar-refractivity contribution in [1.82, 2.24) is 5.43 Å². The highest BCUT2D eigenvalue weighted by Crippen LogP contribution is 2.12. The number of carbonyl (C=O) groups excluding carboxylic acids is 3. The molecule has 0 spiro atoms. The summed E-state index contributed by atoms with van der Waals surface area (Å²) in [6.45, 7) is 0. The van der Waals surface area contributed by atoms with E-state index in [2.05, 4.69) is 15.8 Å². The van der Waals surface area contributed by atoms with Crippen LogP contribution in [0, 0.1) is 0 Å². The van der Waals surface area contributed by atoms with E-state index in [1.54, 1.807) is 24.3 Å². The second-order valence-corrected chi connectivity index (χ2v) is 5.02. The molecule has 2 aromatic rings. The van der Waals surface area contributed by atoms with Gasteiger partial charge < -0.3 is 11.1 Å². The van der Waals surface area contributed by atoms with Gasteiger partial charge in [-0.05, 0) is 30.3 Å². The van der Waals surface area contributed by atoms with E-state index in [4.69, 9.17) is 17.3 Å². The fourth-order valence-electron chi connectivity index (χ4n) is 1.70. The zero-order chi connectivity index (χ0) is 17.5. The predicted octanol–water partition coefficient (Wildman–Crippen LogP) is 1.53. The minimum absolute atomic E-state index is 0.293. The van der Waals surface area contributed by atoms with Crippen molar-refractivity contribution in [2.45, 2.75) is 0 Å². The summed E-state index contributed by atoms with van der Waals surface area (Å²) < 4.78 is 0. The molecule has 0 aliphatic carbocycles. The van der Waals surface area contributed by atoms with Gasteiger partial charge in [-0.25, -0.2) is 5.43 Å². The first-order valence-corrected chi connectivity index (χ1v) is 7.14. The molecule has 0 radical (unpaired) electrons. The lowest BCUT2D eigenvalue weighted by Crippen LogP contribution is -2.32. The smallest absolute Gasteiger partial charge is 0.329 e. The molecular weight excluding hydrogens is 332 g/mol. The number of nitrogens with two attached hydrogens (primary N) is 1. The van der Waals surface area contributed by atoms with Crippen LogP contribution in [0.25, 0.3) is 0 Å². The first kappa shape index (κ1) is 17.2. The van der Waals surface area contributed by atoms with Gasteiger partial charge in [-0.3, -0.25) is 14.4 Å². The van der Waals surface area contributed by atoms with Gasteiger partial charge in [0.2, 0.25) is 5.91 Å². The number of benzene rings is 2. The molecule has 3 amide bonds. The number of hydrazone groups is 1. The van der Waals surface area contributed by atoms with Crippen LogP contribution in [0.1, 0.15) is 15.9 Å². The van der Waals surface area contributed by atoms with Crippen molar-refractivity contribution in [3.63, 3.8) is 0 Å². The molecule has 0 atom stereocenters. The maximum Gasteiger partial charge on any atom is 0.329 e. The highest BCUT2D eigenvalue weighted by molar-refractivity contribution is 6.39. The summed E-state index contributed by atoms with van der Waals surface area (Å²) in [6.07, 6.45) is 1.33. The molecule has 0 bridgehead atoms. The average molecular weight is 345 g/mol. The first-order chi connectivity index (χ1) is 11.5. The number of primary amides is 1. The lowest BCUT2D eigenvalue weighted by molar-refractivity contribution is -0.136. The number of rotatable bonds is 4. The molecular formula is C16H13ClN4O3. The molecule has 7 nitrogen and oxygen atoms in total. The summed E-state index contributed by atoms with van der Waals surface area (Å²) in [5.74, 6) is -2.44. The van der Waals surface area contributed by atoms with Crippen LogP contribution in [0.15, 0.2) is 53.6 Å². The van der Waals surface area contributed by atoms with Crippen LogP contribution in [0.2, 0.25) is 5.02 Å². The van der Waals surface area contributed by atoms with Crippen LogP contribution in [0.4, 0.5) is 5.69 Å². The van der Waals surface area contributed by atoms with E-state index in [-0.39, 0.29) is 0 Å². The molecule has 0 aliphatic heterocycles. The summed E-state index contributed by atoms with van der Waals surface area (Å²) in [6, 6.07) is 12.7. The van der Waals surface area contributed by atoms with Crippen molar-refractivity contribution in [1.29, 1.82) is 0 Å². The Morgan fingerprint density at radius 3 is 2.29 bits per heavy atom. The molecule has 2 rings (SSSR count). The molecule has 24 heavy (non-hydrogen) atoms. The molecule has 0 unspecified atom stereocenters. The first-order valence-electron chi connectivity index (χ1n) is 6.76. The van der Waals surface area contributed by atoms with Crippen molar-refractivity contribution >= 4 is 41.2 Å². The number of carbonyl (C=O) groups is 3. The molecule has 122 valence electrons. The fourth-order valence-corrected chi connectivity index (χ4v) is 1.88. The summed E-state index contributed by atoms with van der Waals surface area (Å²) in [5, 5.41) is 6.50. The SMILES string of the molecule is NC(=O)c1ccc(NC(=O)C(=O)N/N=C/c2ccccc2Cl)cc1. The molecule has 0 aromatic heterocycles. The minimum Gasteiger partial charge on any atom is -0.366 e. The van der Waals surface area contributed by atoms with Crippen LogP contribution in [-0.2, 0) is 9.59 Å². The van der Waals surface area contributed by atoms with E-state index in [0.29, 0.717) is 21.8 Å². The predicted molar refractivity (Wildman–Crippen MR) is 90.8 cm³/mol. The van der Waals surface area contributed by atoms with Crippen molar-refractivity contribution in [3.8, 4) is 0 Å². The largest absolute Gasteiger partial charge is 0.366 e. The van der Waals surface area contributed by atoms with Crippen LogP contribution in [0.5, 0.6) is 0 Å². The van der Waals surface area contributed by atoms with E-state index in [1.807, 2.05) is 0 Å². The van der Waals surface area contributed by atoms with Crippen LogP contribution >= 0.6 is 11.6 Å². The molecule has 0 heterocycles. The van der Waals surface area contributed by atoms with Gasteiger partial charge in [0.15, 0.2) is 0 Å². The quantitative estimate of drug-likeness (QED) is 0.444. The third kappa shape index (κ3) is 4.65. The maximum atomic E-state index is 11.7. The maximum absolute atomic E-state index is 11.7. The van der Waals surface area contributed by atoms with Crippen molar-refractivity contribution in [3.05, 3.63) is 64.7 Å². The number of hydrogen-bond donors (Lipinski definition) is 3. The van der Waals surface area contributed by atoms with Crippen LogP contribution < -0.4 is 16.5 Å². The van der Waals surface area contributed by atoms with Gasteiger partial charge in [-0.1, -0.05) is 29.8 Å². The van der Waals surface area contributed by atoms with Crippen molar-refractivity contribution in [2.24, 2.45) is 10.8 Å². The Hall–Kier alpha value is -3.19. The lowest BCUT2D eigenvalue weighted by atomic mass is 10.2. The van der Waals surface area contributed by atoms with Gasteiger partial charge in [0, 0.05) is 21.8 Å². The number of halogens is 1. The van der Waals surface area contributed by atoms with E-state index >= 15 is 0 Å². The average Bonchev–Trinajstić information content (AvgIpc) is 2.57. The monoisotopic (exact) mass is 344 g/mol. The minimum atomic E-state index is -0.947. The van der Waals surface area contributed by atoms with Gasteiger partial charge in [-0.2, -0.15) is 5.10 Å². The Morgan fingerprint density at radius 1 is 1.00 bits per heavy atom. The van der Waals surface area contributed by atoms with Crippen LogP contribution in [-0.4, -0.2) is 23.9 Å². The van der Waals surface area contributed by atoms with Crippen molar-refractivity contribution in [2.75, 3.05) is 5.32 Å². The number of amides is 3. The molecule has 0 saturated heterocycles. The summed E-state index contributed by atoms with van der Waals surface area (Å²) in [4.78, 5) is 34.3. The van der Waals surface area contributed by atoms with Gasteiger partial charge in [0.1, 0.15) is 0 Å². The van der Waals surface area contributed by atoms with Crippen molar-refractivity contribution < 1.29 is 14.4 Å². The van der Waals surface area contributed by atoms with Crippen LogP contribution in [0.3, 0.4) is 0 Å². The number of hydrogen-bond acceptors (Lipinski definition) is 4. The molecule has 8 heteroatoms. The Bertz CT molecular complexity index is 803. The Kier molecular flexibility index (Phi) is 5.64. The Labute approximate surface area is 142 Å². The Balaban J connectivity index is 1.91. The fraction of sp³-hybridized carbons (Fsp3) is 0. The standard InChI is InChI=1S/C16H13ClN4O3/c17-13-4-2-1-3-11(13)9-19-21-16(24)15(23)20-12-7-5-10(6-8-12)14(18)22/h1-9H,(H2,18,22)(H,20,23)(H,21,24)/b19-9+. The third-order valence-electron chi connectivity index (χ3n) is 2.91. The zero-order valence-corrected chi connectivity index (χ0v) is 13.1. The normalized spacial score (nSPS) is 10.4. The third-order valence-corrected chi connectivity index (χ3v) is 3.25. The molecule has 4 N–H and O–H groups in total. The molecule has 0 aliphatic rings. The second kappa shape index (κ2) is 7.89. The summed E-state index contributed by atoms with van der Waals surface area (Å²) >= 11 is 5.93. The molecule has 0 fully saturated rings.